The first kappa shape index (κ1) is 17.1. The van der Waals surface area contributed by atoms with Crippen molar-refractivity contribution in [2.45, 2.75) is 6.42 Å². The highest BCUT2D eigenvalue weighted by molar-refractivity contribution is 6.44. The monoisotopic (exact) mass is 382 g/mol. The lowest BCUT2D eigenvalue weighted by molar-refractivity contribution is -0.122. The molecular formula is C17H13Cl3N2O2. The number of carbonyl (C=O) groups excluding carboxylic acids is 2. The summed E-state index contributed by atoms with van der Waals surface area (Å²) in [5, 5.41) is 6.74. The van der Waals surface area contributed by atoms with E-state index < -0.39 is 0 Å². The molecule has 0 radical (unpaired) electrons. The van der Waals surface area contributed by atoms with Gasteiger partial charge in [-0.15, -0.1) is 0 Å². The average Bonchev–Trinajstić information content (AvgIpc) is 3.35. The van der Waals surface area contributed by atoms with Crippen LogP contribution in [0.3, 0.4) is 0 Å². The van der Waals surface area contributed by atoms with E-state index in [0.717, 1.165) is 0 Å². The molecule has 0 spiro atoms. The van der Waals surface area contributed by atoms with E-state index in [0.29, 0.717) is 27.8 Å². The maximum atomic E-state index is 12.2. The molecule has 2 aromatic rings. The molecular weight excluding hydrogens is 371 g/mol. The SMILES string of the molecule is O=C(Nc1ccc(Cl)cc1)C1CC1C(=O)Nc1cccc(Cl)c1Cl. The Hall–Kier alpha value is -1.75. The van der Waals surface area contributed by atoms with Gasteiger partial charge in [-0.05, 0) is 42.8 Å². The van der Waals surface area contributed by atoms with Crippen molar-refractivity contribution < 1.29 is 9.59 Å². The van der Waals surface area contributed by atoms with Gasteiger partial charge < -0.3 is 10.6 Å². The molecule has 1 aliphatic carbocycles. The molecule has 2 atom stereocenters. The third-order valence-corrected chi connectivity index (χ3v) is 4.86. The Balaban J connectivity index is 1.58. The second kappa shape index (κ2) is 7.01. The fourth-order valence-corrected chi connectivity index (χ4v) is 2.84. The third-order valence-electron chi connectivity index (χ3n) is 3.79. The molecule has 1 saturated carbocycles. The summed E-state index contributed by atoms with van der Waals surface area (Å²) in [5.41, 5.74) is 1.09. The van der Waals surface area contributed by atoms with Gasteiger partial charge in [0.2, 0.25) is 11.8 Å². The summed E-state index contributed by atoms with van der Waals surface area (Å²) in [4.78, 5) is 24.4. The molecule has 0 aromatic heterocycles. The summed E-state index contributed by atoms with van der Waals surface area (Å²) in [6, 6.07) is 11.8. The van der Waals surface area contributed by atoms with Crippen LogP contribution in [0.4, 0.5) is 11.4 Å². The van der Waals surface area contributed by atoms with Crippen LogP contribution >= 0.6 is 34.8 Å². The smallest absolute Gasteiger partial charge is 0.228 e. The van der Waals surface area contributed by atoms with Crippen molar-refractivity contribution in [3.63, 3.8) is 0 Å². The van der Waals surface area contributed by atoms with Gasteiger partial charge in [0, 0.05) is 10.7 Å². The first-order chi connectivity index (χ1) is 11.5. The van der Waals surface area contributed by atoms with Crippen molar-refractivity contribution in [3.8, 4) is 0 Å². The number of benzene rings is 2. The number of hydrogen-bond acceptors (Lipinski definition) is 2. The van der Waals surface area contributed by atoms with Gasteiger partial charge in [-0.3, -0.25) is 9.59 Å². The fraction of sp³-hybridized carbons (Fsp3) is 0.176. The molecule has 4 nitrogen and oxygen atoms in total. The quantitative estimate of drug-likeness (QED) is 0.792. The minimum absolute atomic E-state index is 0.185. The van der Waals surface area contributed by atoms with Crippen molar-refractivity contribution >= 4 is 58.0 Å². The standard InChI is InChI=1S/C17H13Cl3N2O2/c18-9-4-6-10(7-5-9)21-16(23)11-8-12(11)17(24)22-14-3-1-2-13(19)15(14)20/h1-7,11-12H,8H2,(H,21,23)(H,22,24). The molecule has 1 fully saturated rings. The maximum absolute atomic E-state index is 12.2. The van der Waals surface area contributed by atoms with Gasteiger partial charge in [0.1, 0.15) is 0 Å². The highest BCUT2D eigenvalue weighted by atomic mass is 35.5. The zero-order chi connectivity index (χ0) is 17.3. The Morgan fingerprint density at radius 1 is 0.875 bits per heavy atom. The lowest BCUT2D eigenvalue weighted by atomic mass is 10.2. The van der Waals surface area contributed by atoms with E-state index in [1.54, 1.807) is 42.5 Å². The zero-order valence-corrected chi connectivity index (χ0v) is 14.6. The molecule has 124 valence electrons. The van der Waals surface area contributed by atoms with E-state index in [1.165, 1.54) is 0 Å². The van der Waals surface area contributed by atoms with Crippen molar-refractivity contribution in [1.29, 1.82) is 0 Å². The average molecular weight is 384 g/mol. The fourth-order valence-electron chi connectivity index (χ4n) is 2.37. The second-order valence-electron chi connectivity index (χ2n) is 5.54. The minimum Gasteiger partial charge on any atom is -0.326 e. The van der Waals surface area contributed by atoms with E-state index in [1.807, 2.05) is 0 Å². The highest BCUT2D eigenvalue weighted by Gasteiger charge is 2.48. The molecule has 0 saturated heterocycles. The van der Waals surface area contributed by atoms with Crippen LogP contribution in [-0.4, -0.2) is 11.8 Å². The van der Waals surface area contributed by atoms with E-state index >= 15 is 0 Å². The van der Waals surface area contributed by atoms with Crippen LogP contribution in [0.5, 0.6) is 0 Å². The molecule has 0 aliphatic heterocycles. The van der Waals surface area contributed by atoms with Gasteiger partial charge in [0.15, 0.2) is 0 Å². The molecule has 3 rings (SSSR count). The minimum atomic E-state index is -0.368. The number of anilines is 2. The van der Waals surface area contributed by atoms with E-state index in [2.05, 4.69) is 10.6 Å². The van der Waals surface area contributed by atoms with Crippen molar-refractivity contribution in [2.75, 3.05) is 10.6 Å². The number of hydrogen-bond donors (Lipinski definition) is 2. The summed E-state index contributed by atoms with van der Waals surface area (Å²) in [7, 11) is 0. The van der Waals surface area contributed by atoms with Crippen LogP contribution in [0.25, 0.3) is 0 Å². The van der Waals surface area contributed by atoms with Gasteiger partial charge >= 0.3 is 0 Å². The number of carbonyl (C=O) groups is 2. The van der Waals surface area contributed by atoms with Crippen LogP contribution in [0.2, 0.25) is 15.1 Å². The molecule has 24 heavy (non-hydrogen) atoms. The summed E-state index contributed by atoms with van der Waals surface area (Å²) >= 11 is 17.8. The Kier molecular flexibility index (Phi) is 4.99. The molecule has 0 heterocycles. The summed E-state index contributed by atoms with van der Waals surface area (Å²) < 4.78 is 0. The normalized spacial score (nSPS) is 18.8. The molecule has 0 bridgehead atoms. The number of amides is 2. The predicted molar refractivity (Wildman–Crippen MR) is 96.8 cm³/mol. The molecule has 2 unspecified atom stereocenters. The Labute approximate surface area is 154 Å². The van der Waals surface area contributed by atoms with E-state index in [-0.39, 0.29) is 28.7 Å². The van der Waals surface area contributed by atoms with E-state index in [9.17, 15) is 9.59 Å². The van der Waals surface area contributed by atoms with Crippen LogP contribution in [0.15, 0.2) is 42.5 Å². The van der Waals surface area contributed by atoms with Crippen LogP contribution < -0.4 is 10.6 Å². The van der Waals surface area contributed by atoms with Crippen LogP contribution in [0.1, 0.15) is 6.42 Å². The first-order valence-corrected chi connectivity index (χ1v) is 8.40. The zero-order valence-electron chi connectivity index (χ0n) is 12.4. The number of halogens is 3. The molecule has 2 aromatic carbocycles. The van der Waals surface area contributed by atoms with Gasteiger partial charge in [0.25, 0.3) is 0 Å². The largest absolute Gasteiger partial charge is 0.326 e. The second-order valence-corrected chi connectivity index (χ2v) is 6.76. The Bertz CT molecular complexity index is 793. The first-order valence-electron chi connectivity index (χ1n) is 7.27. The molecule has 7 heteroatoms. The molecule has 1 aliphatic rings. The van der Waals surface area contributed by atoms with Gasteiger partial charge in [-0.25, -0.2) is 0 Å². The van der Waals surface area contributed by atoms with Gasteiger partial charge in [-0.2, -0.15) is 0 Å². The summed E-state index contributed by atoms with van der Waals surface area (Å²) in [5.74, 6) is -1.14. The van der Waals surface area contributed by atoms with Crippen molar-refractivity contribution in [1.82, 2.24) is 0 Å². The third kappa shape index (κ3) is 3.83. The topological polar surface area (TPSA) is 58.2 Å². The Morgan fingerprint density at radius 2 is 1.50 bits per heavy atom. The summed E-state index contributed by atoms with van der Waals surface area (Å²) in [6.45, 7) is 0. The number of rotatable bonds is 4. The highest BCUT2D eigenvalue weighted by Crippen LogP contribution is 2.41. The lowest BCUT2D eigenvalue weighted by Crippen LogP contribution is -2.20. The Morgan fingerprint density at radius 3 is 2.17 bits per heavy atom. The van der Waals surface area contributed by atoms with E-state index in [4.69, 9.17) is 34.8 Å². The lowest BCUT2D eigenvalue weighted by Gasteiger charge is -2.08. The predicted octanol–water partition coefficient (Wildman–Crippen LogP) is 4.86. The van der Waals surface area contributed by atoms with Gasteiger partial charge in [0.05, 0.1) is 27.6 Å². The van der Waals surface area contributed by atoms with Crippen molar-refractivity contribution in [3.05, 3.63) is 57.5 Å². The molecule has 2 N–H and O–H groups in total. The summed E-state index contributed by atoms with van der Waals surface area (Å²) in [6.07, 6.45) is 0.503. The molecule has 2 amide bonds. The number of nitrogens with one attached hydrogen (secondary N) is 2. The van der Waals surface area contributed by atoms with Crippen LogP contribution in [-0.2, 0) is 9.59 Å². The van der Waals surface area contributed by atoms with Crippen LogP contribution in [0, 0.1) is 11.8 Å². The maximum Gasteiger partial charge on any atom is 0.228 e. The van der Waals surface area contributed by atoms with Gasteiger partial charge in [-0.1, -0.05) is 40.9 Å². The van der Waals surface area contributed by atoms with Crippen molar-refractivity contribution in [2.24, 2.45) is 11.8 Å².